The third-order valence-electron chi connectivity index (χ3n) is 1.27. The van der Waals surface area contributed by atoms with Gasteiger partial charge in [0, 0.05) is 5.57 Å². The van der Waals surface area contributed by atoms with E-state index < -0.39 is 31.1 Å². The Morgan fingerprint density at radius 2 is 1.94 bits per heavy atom. The molecule has 0 aromatic heterocycles. The molecule has 6 nitrogen and oxygen atoms in total. The Morgan fingerprint density at radius 3 is 2.29 bits per heavy atom. The second-order valence-electron chi connectivity index (χ2n) is 3.02. The van der Waals surface area contributed by atoms with Gasteiger partial charge in [-0.3, -0.25) is 4.79 Å². The Bertz CT molecular complexity index is 271. The number of carbonyl (C=O) groups excluding carboxylic acids is 1. The molecule has 1 atom stereocenters. The Labute approximate surface area is 99.8 Å². The normalized spacial score (nSPS) is 10.5. The van der Waals surface area contributed by atoms with Crippen molar-refractivity contribution in [3.05, 3.63) is 24.8 Å². The molecule has 0 aliphatic carbocycles. The largest absolute Gasteiger partial charge is 0.481 e. The van der Waals surface area contributed by atoms with Crippen molar-refractivity contribution in [3.8, 4) is 0 Å². The lowest BCUT2D eigenvalue weighted by atomic mass is 10.2. The first-order valence-corrected chi connectivity index (χ1v) is 4.81. The summed E-state index contributed by atoms with van der Waals surface area (Å²) >= 11 is 0. The molecule has 0 saturated carbocycles. The topological polar surface area (TPSA) is 104 Å². The van der Waals surface area contributed by atoms with Gasteiger partial charge in [0.2, 0.25) is 0 Å². The molecular formula is C11H18O6. The van der Waals surface area contributed by atoms with Crippen LogP contribution in [0.15, 0.2) is 24.8 Å². The lowest BCUT2D eigenvalue weighted by molar-refractivity contribution is -0.145. The summed E-state index contributed by atoms with van der Waals surface area (Å²) in [4.78, 5) is 21.1. The lowest BCUT2D eigenvalue weighted by Crippen LogP contribution is -2.22. The first-order chi connectivity index (χ1) is 7.88. The monoisotopic (exact) mass is 246 g/mol. The van der Waals surface area contributed by atoms with Crippen LogP contribution in [-0.2, 0) is 14.3 Å². The SMILES string of the molecule is C=C(CC(=O)O)C(=O)OCC(O)CO.C=CC. The molecule has 6 heteroatoms. The standard InChI is InChI=1S/C8H12O6.C3H6/c1-5(2-7(11)12)8(13)14-4-6(10)3-9;1-3-2/h6,9-10H,1-4H2,(H,11,12);3H,1H2,2H3. The van der Waals surface area contributed by atoms with Gasteiger partial charge in [0.1, 0.15) is 12.7 Å². The van der Waals surface area contributed by atoms with E-state index in [9.17, 15) is 9.59 Å². The molecule has 3 N–H and O–H groups in total. The van der Waals surface area contributed by atoms with Gasteiger partial charge in [-0.25, -0.2) is 4.79 Å². The summed E-state index contributed by atoms with van der Waals surface area (Å²) in [5, 5.41) is 25.5. The van der Waals surface area contributed by atoms with E-state index in [-0.39, 0.29) is 12.2 Å². The van der Waals surface area contributed by atoms with E-state index in [1.807, 2.05) is 6.92 Å². The fraction of sp³-hybridized carbons (Fsp3) is 0.455. The number of aliphatic hydroxyl groups is 2. The molecular weight excluding hydrogens is 228 g/mol. The van der Waals surface area contributed by atoms with Crippen molar-refractivity contribution in [1.29, 1.82) is 0 Å². The van der Waals surface area contributed by atoms with Crippen molar-refractivity contribution >= 4 is 11.9 Å². The van der Waals surface area contributed by atoms with E-state index in [0.29, 0.717) is 0 Å². The number of carbonyl (C=O) groups is 2. The van der Waals surface area contributed by atoms with Gasteiger partial charge in [0.15, 0.2) is 0 Å². The van der Waals surface area contributed by atoms with Gasteiger partial charge < -0.3 is 20.1 Å². The van der Waals surface area contributed by atoms with Crippen LogP contribution >= 0.6 is 0 Å². The van der Waals surface area contributed by atoms with E-state index >= 15 is 0 Å². The number of hydrogen-bond donors (Lipinski definition) is 3. The highest BCUT2D eigenvalue weighted by molar-refractivity contribution is 5.92. The smallest absolute Gasteiger partial charge is 0.334 e. The van der Waals surface area contributed by atoms with Crippen molar-refractivity contribution in [1.82, 2.24) is 0 Å². The first kappa shape index (κ1) is 17.7. The maximum Gasteiger partial charge on any atom is 0.334 e. The highest BCUT2D eigenvalue weighted by atomic mass is 16.5. The second-order valence-corrected chi connectivity index (χ2v) is 3.02. The van der Waals surface area contributed by atoms with E-state index in [1.165, 1.54) is 0 Å². The van der Waals surface area contributed by atoms with Crippen molar-refractivity contribution in [3.63, 3.8) is 0 Å². The summed E-state index contributed by atoms with van der Waals surface area (Å²) in [6.07, 6.45) is 0.0882. The van der Waals surface area contributed by atoms with Gasteiger partial charge in [-0.1, -0.05) is 12.7 Å². The average molecular weight is 246 g/mol. The Morgan fingerprint density at radius 1 is 1.47 bits per heavy atom. The maximum absolute atomic E-state index is 10.9. The molecule has 17 heavy (non-hydrogen) atoms. The molecule has 0 aliphatic rings. The number of carboxylic acids is 1. The minimum atomic E-state index is -1.19. The minimum absolute atomic E-state index is 0.206. The molecule has 0 aliphatic heterocycles. The van der Waals surface area contributed by atoms with Crippen LogP contribution in [0.25, 0.3) is 0 Å². The number of hydrogen-bond acceptors (Lipinski definition) is 5. The molecule has 0 aromatic carbocycles. The van der Waals surface area contributed by atoms with Gasteiger partial charge in [-0.15, -0.1) is 6.58 Å². The molecule has 0 aromatic rings. The molecule has 0 saturated heterocycles. The lowest BCUT2D eigenvalue weighted by Gasteiger charge is -2.08. The van der Waals surface area contributed by atoms with Gasteiger partial charge in [0.25, 0.3) is 0 Å². The van der Waals surface area contributed by atoms with Crippen LogP contribution in [0.5, 0.6) is 0 Å². The van der Waals surface area contributed by atoms with Crippen LogP contribution in [-0.4, -0.2) is 46.6 Å². The number of aliphatic hydroxyl groups excluding tert-OH is 2. The Balaban J connectivity index is 0. The molecule has 0 fully saturated rings. The van der Waals surface area contributed by atoms with Crippen molar-refractivity contribution in [2.75, 3.05) is 13.2 Å². The first-order valence-electron chi connectivity index (χ1n) is 4.81. The maximum atomic E-state index is 10.9. The quantitative estimate of drug-likeness (QED) is 0.349. The number of ether oxygens (including phenoxy) is 1. The third kappa shape index (κ3) is 12.3. The molecule has 0 amide bonds. The molecule has 0 rings (SSSR count). The molecule has 0 bridgehead atoms. The molecule has 1 unspecified atom stereocenters. The summed E-state index contributed by atoms with van der Waals surface area (Å²) in [5.41, 5.74) is -0.206. The summed E-state index contributed by atoms with van der Waals surface area (Å²) in [5.74, 6) is -2.07. The number of allylic oxidation sites excluding steroid dienone is 1. The summed E-state index contributed by atoms with van der Waals surface area (Å²) in [6.45, 7) is 7.54. The molecule has 0 radical (unpaired) electrons. The zero-order chi connectivity index (χ0) is 13.8. The highest BCUT2D eigenvalue weighted by Gasteiger charge is 2.13. The molecule has 0 heterocycles. The molecule has 98 valence electrons. The van der Waals surface area contributed by atoms with Crippen LogP contribution in [0, 0.1) is 0 Å². The van der Waals surface area contributed by atoms with E-state index in [4.69, 9.17) is 15.3 Å². The van der Waals surface area contributed by atoms with Gasteiger partial charge in [0.05, 0.1) is 13.0 Å². The molecule has 0 spiro atoms. The third-order valence-corrected chi connectivity index (χ3v) is 1.27. The zero-order valence-corrected chi connectivity index (χ0v) is 9.76. The number of aliphatic carboxylic acids is 1. The number of carboxylic acid groups (broad SMARTS) is 1. The predicted molar refractivity (Wildman–Crippen MR) is 61.3 cm³/mol. The van der Waals surface area contributed by atoms with Crippen molar-refractivity contribution in [2.45, 2.75) is 19.4 Å². The number of rotatable bonds is 6. The average Bonchev–Trinajstić information content (AvgIpc) is 2.25. The Hall–Kier alpha value is -1.66. The summed E-state index contributed by atoms with van der Waals surface area (Å²) in [7, 11) is 0. The van der Waals surface area contributed by atoms with Crippen molar-refractivity contribution in [2.24, 2.45) is 0 Å². The van der Waals surface area contributed by atoms with Crippen LogP contribution in [0.3, 0.4) is 0 Å². The number of esters is 1. The minimum Gasteiger partial charge on any atom is -0.481 e. The highest BCUT2D eigenvalue weighted by Crippen LogP contribution is 2.01. The predicted octanol–water partition coefficient (Wildman–Crippen LogP) is 0.106. The van der Waals surface area contributed by atoms with Crippen molar-refractivity contribution < 1.29 is 29.6 Å². The fourth-order valence-corrected chi connectivity index (χ4v) is 0.581. The van der Waals surface area contributed by atoms with Gasteiger partial charge in [-0.05, 0) is 6.92 Å². The van der Waals surface area contributed by atoms with E-state index in [0.717, 1.165) is 0 Å². The van der Waals surface area contributed by atoms with Crippen LogP contribution in [0.4, 0.5) is 0 Å². The summed E-state index contributed by atoms with van der Waals surface area (Å²) < 4.78 is 4.45. The second kappa shape index (κ2) is 10.8. The van der Waals surface area contributed by atoms with Gasteiger partial charge in [-0.2, -0.15) is 0 Å². The fourth-order valence-electron chi connectivity index (χ4n) is 0.581. The van der Waals surface area contributed by atoms with Crippen LogP contribution in [0.1, 0.15) is 13.3 Å². The Kier molecular flexibility index (Phi) is 11.3. The zero-order valence-electron chi connectivity index (χ0n) is 9.76. The van der Waals surface area contributed by atoms with E-state index in [2.05, 4.69) is 17.9 Å². The van der Waals surface area contributed by atoms with E-state index in [1.54, 1.807) is 6.08 Å². The van der Waals surface area contributed by atoms with Crippen LogP contribution < -0.4 is 0 Å². The summed E-state index contributed by atoms with van der Waals surface area (Å²) in [6, 6.07) is 0. The van der Waals surface area contributed by atoms with Gasteiger partial charge >= 0.3 is 11.9 Å². The van der Waals surface area contributed by atoms with Crippen LogP contribution in [0.2, 0.25) is 0 Å².